The van der Waals surface area contributed by atoms with Gasteiger partial charge in [0.25, 0.3) is 6.43 Å². The Kier molecular flexibility index (Phi) is 8.28. The zero-order chi connectivity index (χ0) is 27.5. The molecule has 0 radical (unpaired) electrons. The molecule has 0 bridgehead atoms. The molecule has 2 aromatic rings. The fraction of sp³-hybridized carbons (Fsp3) is 0.444. The second kappa shape index (κ2) is 10.9. The van der Waals surface area contributed by atoms with Crippen LogP contribution in [-0.4, -0.2) is 35.5 Å². The Bertz CT molecular complexity index is 1180. The fourth-order valence-corrected chi connectivity index (χ4v) is 4.03. The van der Waals surface area contributed by atoms with Crippen LogP contribution in [0.5, 0.6) is 0 Å². The topological polar surface area (TPSA) is 108 Å². The van der Waals surface area contributed by atoms with Crippen LogP contribution in [0.2, 0.25) is 0 Å². The van der Waals surface area contributed by atoms with Crippen molar-refractivity contribution in [2.24, 2.45) is 5.73 Å². The maximum atomic E-state index is 14.7. The van der Waals surface area contributed by atoms with Gasteiger partial charge in [0.15, 0.2) is 0 Å². The van der Waals surface area contributed by atoms with Gasteiger partial charge >= 0.3 is 0 Å². The summed E-state index contributed by atoms with van der Waals surface area (Å²) >= 11 is 0. The van der Waals surface area contributed by atoms with Crippen LogP contribution in [0.3, 0.4) is 0 Å². The first-order valence-corrected chi connectivity index (χ1v) is 11.9. The molecule has 1 fully saturated rings. The first kappa shape index (κ1) is 28.1. The molecule has 0 aromatic heterocycles. The zero-order valence-corrected chi connectivity index (χ0v) is 20.8. The predicted octanol–water partition coefficient (Wildman–Crippen LogP) is 4.66. The Balaban J connectivity index is 1.83. The van der Waals surface area contributed by atoms with Crippen molar-refractivity contribution in [1.82, 2.24) is 10.6 Å². The number of hydrogen-bond acceptors (Lipinski definition) is 4. The molecule has 1 aliphatic rings. The van der Waals surface area contributed by atoms with E-state index in [0.717, 1.165) is 0 Å². The molecule has 2 aromatic carbocycles. The van der Waals surface area contributed by atoms with Gasteiger partial charge in [0.1, 0.15) is 17.0 Å². The minimum atomic E-state index is -2.94. The van der Waals surface area contributed by atoms with Crippen molar-refractivity contribution in [3.05, 3.63) is 59.4 Å². The number of nitrogens with one attached hydrogen (secondary N) is 2. The minimum Gasteiger partial charge on any atom is -0.369 e. The quantitative estimate of drug-likeness (QED) is 0.376. The number of nitrogens with zero attached hydrogens (tertiary/aromatic N) is 1. The van der Waals surface area contributed by atoms with Crippen molar-refractivity contribution < 1.29 is 27.2 Å². The van der Waals surface area contributed by atoms with Crippen LogP contribution in [0.25, 0.3) is 11.1 Å². The van der Waals surface area contributed by atoms with Gasteiger partial charge in [0.2, 0.25) is 11.8 Å². The van der Waals surface area contributed by atoms with Crippen LogP contribution in [0.1, 0.15) is 63.1 Å². The van der Waals surface area contributed by atoms with Gasteiger partial charge < -0.3 is 11.1 Å². The first-order valence-electron chi connectivity index (χ1n) is 11.9. The highest BCUT2D eigenvalue weighted by atomic mass is 19.3. The van der Waals surface area contributed by atoms with Gasteiger partial charge in [-0.25, -0.2) is 17.6 Å². The van der Waals surface area contributed by atoms with Crippen LogP contribution >= 0.6 is 0 Å². The highest BCUT2D eigenvalue weighted by Crippen LogP contribution is 2.35. The van der Waals surface area contributed by atoms with E-state index in [9.17, 15) is 32.4 Å². The van der Waals surface area contributed by atoms with Crippen molar-refractivity contribution >= 4 is 11.8 Å². The number of primary amides is 1. The minimum absolute atomic E-state index is 0.119. The number of benzene rings is 2. The van der Waals surface area contributed by atoms with E-state index in [-0.39, 0.29) is 17.5 Å². The van der Waals surface area contributed by atoms with Crippen LogP contribution in [-0.2, 0) is 9.59 Å². The van der Waals surface area contributed by atoms with Gasteiger partial charge in [0.05, 0.1) is 24.1 Å². The highest BCUT2D eigenvalue weighted by Gasteiger charge is 2.46. The van der Waals surface area contributed by atoms with Crippen molar-refractivity contribution in [2.45, 2.75) is 75.7 Å². The largest absolute Gasteiger partial charge is 0.369 e. The van der Waals surface area contributed by atoms with Gasteiger partial charge in [-0.05, 0) is 56.4 Å². The molecule has 0 saturated heterocycles. The number of carbonyl (C=O) groups is 2. The summed E-state index contributed by atoms with van der Waals surface area (Å²) in [5, 5.41) is 14.4. The monoisotopic (exact) mass is 518 g/mol. The number of alkyl halides is 3. The van der Waals surface area contributed by atoms with Crippen LogP contribution < -0.4 is 16.4 Å². The molecule has 10 heteroatoms. The smallest absolute Gasteiger partial charge is 0.257 e. The summed E-state index contributed by atoms with van der Waals surface area (Å²) in [4.78, 5) is 24.2. The van der Waals surface area contributed by atoms with Crippen LogP contribution in [0.4, 0.5) is 17.6 Å². The number of nitriles is 1. The molecule has 2 amide bonds. The van der Waals surface area contributed by atoms with Gasteiger partial charge in [-0.3, -0.25) is 14.9 Å². The van der Waals surface area contributed by atoms with Crippen LogP contribution in [0, 0.1) is 17.1 Å². The zero-order valence-electron chi connectivity index (χ0n) is 20.8. The summed E-state index contributed by atoms with van der Waals surface area (Å²) in [5.41, 5.74) is 3.55. The molecule has 3 rings (SSSR count). The number of nitrogens with two attached hydrogens (primary N) is 1. The molecule has 4 N–H and O–H groups in total. The van der Waals surface area contributed by atoms with Crippen molar-refractivity contribution in [2.75, 3.05) is 0 Å². The van der Waals surface area contributed by atoms with E-state index < -0.39 is 53.3 Å². The number of hydrogen-bond donors (Lipinski definition) is 3. The lowest BCUT2D eigenvalue weighted by Crippen LogP contribution is -2.52. The standard InChI is InChI=1S/C27H30F4N4O2/c1-15(24(33)36)18-8-9-19(20(28)12-18)16-4-6-17(7-5-16)22(23(29)30)34-21(13-26(2,3)31)25(37)35-27(14-32)10-11-27/h4-9,12,15,21-23,34H,10-11,13H2,1-3H3,(H2,33,36)(H,35,37)/t15?,21-,22-/m0/s1. The molecule has 198 valence electrons. The molecule has 6 nitrogen and oxygen atoms in total. The summed E-state index contributed by atoms with van der Waals surface area (Å²) in [6, 6.07) is 9.01. The molecule has 1 aliphatic carbocycles. The molecule has 0 heterocycles. The Morgan fingerprint density at radius 2 is 1.73 bits per heavy atom. The van der Waals surface area contributed by atoms with E-state index in [1.165, 1.54) is 50.2 Å². The lowest BCUT2D eigenvalue weighted by atomic mass is 9.95. The highest BCUT2D eigenvalue weighted by molar-refractivity contribution is 5.83. The average Bonchev–Trinajstić information content (AvgIpc) is 3.60. The Morgan fingerprint density at radius 3 is 2.19 bits per heavy atom. The SMILES string of the molecule is CC(C(N)=O)c1ccc(-c2ccc([C@H](N[C@@H](CC(C)(C)F)C(=O)NC3(C#N)CC3)C(F)F)cc2)c(F)c1. The maximum Gasteiger partial charge on any atom is 0.257 e. The molecule has 1 saturated carbocycles. The van der Waals surface area contributed by atoms with Crippen molar-refractivity contribution in [3.63, 3.8) is 0 Å². The Labute approximate surface area is 213 Å². The van der Waals surface area contributed by atoms with Gasteiger partial charge in [-0.1, -0.05) is 36.4 Å². The van der Waals surface area contributed by atoms with E-state index in [2.05, 4.69) is 10.6 Å². The molecule has 0 spiro atoms. The van der Waals surface area contributed by atoms with E-state index in [1.807, 2.05) is 6.07 Å². The number of carbonyl (C=O) groups excluding carboxylic acids is 2. The number of rotatable bonds is 11. The summed E-state index contributed by atoms with van der Waals surface area (Å²) in [6.45, 7) is 4.04. The normalized spacial score (nSPS) is 16.9. The van der Waals surface area contributed by atoms with Crippen molar-refractivity contribution in [1.29, 1.82) is 5.26 Å². The van der Waals surface area contributed by atoms with Crippen molar-refractivity contribution in [3.8, 4) is 17.2 Å². The van der Waals surface area contributed by atoms with E-state index >= 15 is 0 Å². The second-order valence-corrected chi connectivity index (χ2v) is 10.1. The summed E-state index contributed by atoms with van der Waals surface area (Å²) in [7, 11) is 0. The lowest BCUT2D eigenvalue weighted by molar-refractivity contribution is -0.125. The molecule has 1 unspecified atom stereocenters. The second-order valence-electron chi connectivity index (χ2n) is 10.1. The Morgan fingerprint density at radius 1 is 1.14 bits per heavy atom. The van der Waals surface area contributed by atoms with Gasteiger partial charge in [-0.2, -0.15) is 5.26 Å². The molecule has 3 atom stereocenters. The lowest BCUT2D eigenvalue weighted by Gasteiger charge is -2.29. The molecular formula is C27H30F4N4O2. The average molecular weight is 519 g/mol. The maximum absolute atomic E-state index is 14.7. The van der Waals surface area contributed by atoms with Gasteiger partial charge in [-0.15, -0.1) is 0 Å². The fourth-order valence-electron chi connectivity index (χ4n) is 4.03. The van der Waals surface area contributed by atoms with E-state index in [4.69, 9.17) is 5.73 Å². The number of amides is 2. The third kappa shape index (κ3) is 7.07. The summed E-state index contributed by atoms with van der Waals surface area (Å²) < 4.78 is 57.4. The molecule has 37 heavy (non-hydrogen) atoms. The molecule has 0 aliphatic heterocycles. The summed E-state index contributed by atoms with van der Waals surface area (Å²) in [5.74, 6) is -2.59. The predicted molar refractivity (Wildman–Crippen MR) is 131 cm³/mol. The third-order valence-corrected chi connectivity index (χ3v) is 6.47. The molecular weight excluding hydrogens is 488 g/mol. The van der Waals surface area contributed by atoms with E-state index in [0.29, 0.717) is 24.0 Å². The first-order chi connectivity index (χ1) is 17.2. The summed E-state index contributed by atoms with van der Waals surface area (Å²) in [6.07, 6.45) is -2.44. The number of halogens is 4. The van der Waals surface area contributed by atoms with Gasteiger partial charge in [0, 0.05) is 12.0 Å². The third-order valence-electron chi connectivity index (χ3n) is 6.47. The van der Waals surface area contributed by atoms with E-state index in [1.54, 1.807) is 13.0 Å². The Hall–Kier alpha value is -3.45. The van der Waals surface area contributed by atoms with Crippen LogP contribution in [0.15, 0.2) is 42.5 Å².